The average molecular weight is 754 g/mol. The largest absolute Gasteiger partial charge is 0.433 e. The Morgan fingerprint density at radius 1 is 0.407 bits per heavy atom. The van der Waals surface area contributed by atoms with Crippen LogP contribution in [0, 0.1) is 68.0 Å². The molecule has 0 aliphatic heterocycles. The van der Waals surface area contributed by atoms with E-state index in [4.69, 9.17) is 0 Å². The summed E-state index contributed by atoms with van der Waals surface area (Å²) in [5, 5.41) is 59.7. The molecule has 2 aromatic heterocycles. The minimum atomic E-state index is -5.51. The highest BCUT2D eigenvalue weighted by Crippen LogP contribution is 2.55. The minimum Gasteiger partial charge on any atom is -0.239 e. The van der Waals surface area contributed by atoms with E-state index in [0.29, 0.717) is 0 Å². The van der Waals surface area contributed by atoms with E-state index in [9.17, 15) is 84.3 Å². The molecule has 8 nitrogen and oxygen atoms in total. The molecular formula is C34H6F12N8. The molecule has 0 saturated heterocycles. The fourth-order valence-electron chi connectivity index (χ4n) is 5.75. The van der Waals surface area contributed by atoms with E-state index < -0.39 is 125 Å². The fraction of sp³-hybridized carbons (Fsp3) is 0.118. The van der Waals surface area contributed by atoms with Crippen molar-refractivity contribution in [2.45, 2.75) is 24.7 Å². The van der Waals surface area contributed by atoms with Gasteiger partial charge in [0.1, 0.15) is 70.3 Å². The maximum Gasteiger partial charge on any atom is 0.433 e. The number of aromatic nitrogens is 2. The molecule has 54 heavy (non-hydrogen) atoms. The highest BCUT2D eigenvalue weighted by atomic mass is 19.4. The van der Waals surface area contributed by atoms with Gasteiger partial charge in [0.2, 0.25) is 0 Å². The van der Waals surface area contributed by atoms with Crippen molar-refractivity contribution in [3.8, 4) is 36.4 Å². The number of hydrogen-bond donors (Lipinski definition) is 0. The van der Waals surface area contributed by atoms with Crippen molar-refractivity contribution < 1.29 is 52.7 Å². The van der Waals surface area contributed by atoms with Crippen LogP contribution >= 0.6 is 0 Å². The number of halogens is 12. The van der Waals surface area contributed by atoms with Crippen LogP contribution in [-0.2, 0) is 24.7 Å². The third-order valence-corrected chi connectivity index (χ3v) is 7.80. The predicted octanol–water partition coefficient (Wildman–Crippen LogP) is 9.05. The second-order valence-corrected chi connectivity index (χ2v) is 10.9. The Bertz CT molecular complexity index is 2330. The maximum absolute atomic E-state index is 13.8. The number of allylic oxidation sites excluding steroid dienone is 8. The molecule has 266 valence electrons. The van der Waals surface area contributed by atoms with Gasteiger partial charge in [-0.15, -0.1) is 0 Å². The lowest BCUT2D eigenvalue weighted by Gasteiger charge is -2.15. The number of nitrogens with zero attached hydrogens (tertiary/aromatic N) is 8. The van der Waals surface area contributed by atoms with Gasteiger partial charge >= 0.3 is 24.7 Å². The van der Waals surface area contributed by atoms with Crippen molar-refractivity contribution in [3.05, 3.63) is 104 Å². The number of rotatable bonds is 2. The quantitative estimate of drug-likeness (QED) is 0.184. The van der Waals surface area contributed by atoms with E-state index in [-0.39, 0.29) is 24.3 Å². The number of benzene rings is 1. The molecule has 3 aromatic rings. The van der Waals surface area contributed by atoms with Crippen molar-refractivity contribution in [3.63, 3.8) is 0 Å². The van der Waals surface area contributed by atoms with Crippen molar-refractivity contribution >= 4 is 33.4 Å². The predicted molar refractivity (Wildman–Crippen MR) is 156 cm³/mol. The van der Waals surface area contributed by atoms with Gasteiger partial charge in [-0.2, -0.15) is 84.3 Å². The third-order valence-electron chi connectivity index (χ3n) is 7.80. The van der Waals surface area contributed by atoms with Gasteiger partial charge in [0.15, 0.2) is 0 Å². The van der Waals surface area contributed by atoms with Crippen LogP contribution in [0.2, 0.25) is 0 Å². The molecule has 20 heteroatoms. The number of fused-ring (bicyclic) bond motifs is 2. The Balaban J connectivity index is 1.96. The highest BCUT2D eigenvalue weighted by molar-refractivity contribution is 6.29. The molecule has 0 fully saturated rings. The number of hydrogen-bond acceptors (Lipinski definition) is 8. The van der Waals surface area contributed by atoms with Crippen LogP contribution in [0.3, 0.4) is 0 Å². The van der Waals surface area contributed by atoms with Gasteiger partial charge in [-0.3, -0.25) is 0 Å². The van der Waals surface area contributed by atoms with Gasteiger partial charge in [0.25, 0.3) is 0 Å². The molecule has 0 saturated carbocycles. The first kappa shape index (κ1) is 37.8. The first-order chi connectivity index (χ1) is 25.0. The average Bonchev–Trinajstić information content (AvgIpc) is 3.58. The summed E-state index contributed by atoms with van der Waals surface area (Å²) in [5.41, 5.74) is -19.2. The van der Waals surface area contributed by atoms with E-state index in [0.717, 1.165) is 12.1 Å². The Morgan fingerprint density at radius 3 is 0.870 bits per heavy atom. The molecule has 0 atom stereocenters. The van der Waals surface area contributed by atoms with Crippen molar-refractivity contribution in [2.75, 3.05) is 0 Å². The van der Waals surface area contributed by atoms with E-state index in [1.807, 2.05) is 0 Å². The van der Waals surface area contributed by atoms with Crippen molar-refractivity contribution in [2.24, 2.45) is 0 Å². The number of alkyl halides is 12. The van der Waals surface area contributed by atoms with Crippen molar-refractivity contribution in [1.29, 1.82) is 31.6 Å². The Hall–Kier alpha value is -7.42. The van der Waals surface area contributed by atoms with E-state index in [1.54, 1.807) is 12.1 Å². The lowest BCUT2D eigenvalue weighted by atomic mass is 9.90. The first-order valence-electron chi connectivity index (χ1n) is 14.0. The van der Waals surface area contributed by atoms with Crippen LogP contribution in [0.5, 0.6) is 0 Å². The van der Waals surface area contributed by atoms with Crippen LogP contribution in [0.25, 0.3) is 33.4 Å². The number of pyridine rings is 2. The molecule has 5 rings (SSSR count). The molecule has 0 bridgehead atoms. The first-order valence-corrected chi connectivity index (χ1v) is 14.0. The topological polar surface area (TPSA) is 169 Å². The monoisotopic (exact) mass is 754 g/mol. The van der Waals surface area contributed by atoms with Gasteiger partial charge in [-0.25, -0.2) is 9.97 Å². The summed E-state index contributed by atoms with van der Waals surface area (Å²) in [6.07, 6.45) is -22.0. The summed E-state index contributed by atoms with van der Waals surface area (Å²) in [5.74, 6) is 0. The van der Waals surface area contributed by atoms with Crippen molar-refractivity contribution in [1.82, 2.24) is 9.97 Å². The summed E-state index contributed by atoms with van der Waals surface area (Å²) in [4.78, 5) is 5.20. The molecule has 1 aromatic carbocycles. The van der Waals surface area contributed by atoms with Crippen LogP contribution < -0.4 is 0 Å². The summed E-state index contributed by atoms with van der Waals surface area (Å²) in [7, 11) is 0. The second kappa shape index (κ2) is 12.7. The minimum absolute atomic E-state index is 0.0985. The standard InChI is InChI=1S/C34H6F12N8/c35-31(36,37)23-1-13(2-24(53-23)32(38,39)40)27-21(11-51)17-5-20-18(6-19(17)29(27)15(7-47)8-48)22(12-52)28(30(20)16(9-49)10-50)14-3-25(33(41,42)43)54-26(4-14)34(44,45)46/h1-6H. The van der Waals surface area contributed by atoms with Gasteiger partial charge in [0.05, 0.1) is 11.1 Å². The molecule has 2 heterocycles. The SMILES string of the molecule is N#CC(C#N)=C1C(c2cc(C(F)(F)F)nc(C(F)(F)F)c2)=C(C#N)c2cc3c(cc21)C(C#N)=C(c1cc(C(F)(F)F)nc(C(F)(F)F)c1)C3=C(C#N)C#N. The summed E-state index contributed by atoms with van der Waals surface area (Å²) >= 11 is 0. The smallest absolute Gasteiger partial charge is 0.239 e. The van der Waals surface area contributed by atoms with Crippen LogP contribution in [0.15, 0.2) is 47.5 Å². The van der Waals surface area contributed by atoms with Crippen LogP contribution in [0.1, 0.15) is 56.2 Å². The van der Waals surface area contributed by atoms with Crippen LogP contribution in [-0.4, -0.2) is 9.97 Å². The normalized spacial score (nSPS) is 14.0. The Morgan fingerprint density at radius 2 is 0.667 bits per heavy atom. The third kappa shape index (κ3) is 6.23. The molecule has 0 radical (unpaired) electrons. The zero-order valence-electron chi connectivity index (χ0n) is 25.6. The lowest BCUT2D eigenvalue weighted by molar-refractivity contribution is -0.151. The molecule has 0 spiro atoms. The van der Waals surface area contributed by atoms with E-state index in [2.05, 4.69) is 9.97 Å². The lowest BCUT2D eigenvalue weighted by Crippen LogP contribution is -2.15. The summed E-state index contributed by atoms with van der Waals surface area (Å²) < 4.78 is 165. The highest BCUT2D eigenvalue weighted by Gasteiger charge is 2.44. The molecule has 0 unspecified atom stereocenters. The van der Waals surface area contributed by atoms with Gasteiger partial charge in [-0.05, 0) is 58.7 Å². The second-order valence-electron chi connectivity index (χ2n) is 10.9. The maximum atomic E-state index is 13.8. The van der Waals surface area contributed by atoms with Gasteiger partial charge in [0, 0.05) is 33.4 Å². The zero-order chi connectivity index (χ0) is 40.3. The van der Waals surface area contributed by atoms with E-state index >= 15 is 0 Å². The Labute approximate surface area is 292 Å². The van der Waals surface area contributed by atoms with Crippen LogP contribution in [0.4, 0.5) is 52.7 Å². The molecule has 2 aliphatic carbocycles. The van der Waals surface area contributed by atoms with Gasteiger partial charge in [-0.1, -0.05) is 0 Å². The van der Waals surface area contributed by atoms with Gasteiger partial charge < -0.3 is 0 Å². The summed E-state index contributed by atoms with van der Waals surface area (Å²) in [6, 6.07) is 10.8. The Kier molecular flexibility index (Phi) is 8.87. The molecular weight excluding hydrogens is 748 g/mol. The zero-order valence-corrected chi connectivity index (χ0v) is 25.6. The molecule has 0 N–H and O–H groups in total. The molecule has 0 amide bonds. The molecule has 2 aliphatic rings. The van der Waals surface area contributed by atoms with E-state index in [1.165, 1.54) is 24.3 Å². The number of nitriles is 6. The fourth-order valence-corrected chi connectivity index (χ4v) is 5.75. The summed E-state index contributed by atoms with van der Waals surface area (Å²) in [6.45, 7) is 0.